The molecule has 1 aliphatic heterocycles. The van der Waals surface area contributed by atoms with E-state index < -0.39 is 22.8 Å². The van der Waals surface area contributed by atoms with Gasteiger partial charge in [0.2, 0.25) is 0 Å². The van der Waals surface area contributed by atoms with E-state index in [9.17, 15) is 19.8 Å². The molecule has 2 atom stereocenters. The van der Waals surface area contributed by atoms with Crippen molar-refractivity contribution in [2.75, 3.05) is 19.5 Å². The van der Waals surface area contributed by atoms with Crippen LogP contribution in [-0.2, 0) is 9.59 Å². The fraction of sp³-hybridized carbons (Fsp3) is 0.667. The molecule has 0 spiro atoms. The van der Waals surface area contributed by atoms with Crippen LogP contribution >= 0.6 is 11.6 Å². The number of halogens is 1. The van der Waals surface area contributed by atoms with E-state index in [1.807, 2.05) is 0 Å². The third kappa shape index (κ3) is 1.77. The summed E-state index contributed by atoms with van der Waals surface area (Å²) in [6.07, 6.45) is 0. The predicted molar refractivity (Wildman–Crippen MR) is 67.5 cm³/mol. The summed E-state index contributed by atoms with van der Waals surface area (Å²) in [6.45, 7) is 5.06. The normalized spacial score (nSPS) is 32.6. The summed E-state index contributed by atoms with van der Waals surface area (Å²) in [5.74, 6) is -2.21. The van der Waals surface area contributed by atoms with E-state index in [-0.39, 0.29) is 18.0 Å². The fourth-order valence-electron chi connectivity index (χ4n) is 2.54. The van der Waals surface area contributed by atoms with Gasteiger partial charge in [0.15, 0.2) is 0 Å². The third-order valence-electron chi connectivity index (χ3n) is 4.21. The van der Waals surface area contributed by atoms with Gasteiger partial charge >= 0.3 is 11.9 Å². The summed E-state index contributed by atoms with van der Waals surface area (Å²) in [6, 6.07) is 0. The lowest BCUT2D eigenvalue weighted by atomic mass is 9.60. The van der Waals surface area contributed by atoms with Gasteiger partial charge in [-0.1, -0.05) is 6.92 Å². The molecule has 0 aromatic heterocycles. The highest BCUT2D eigenvalue weighted by Gasteiger charge is 2.57. The van der Waals surface area contributed by atoms with Gasteiger partial charge in [-0.3, -0.25) is 4.79 Å². The average molecular weight is 276 g/mol. The van der Waals surface area contributed by atoms with Gasteiger partial charge in [0.1, 0.15) is 0 Å². The molecular weight excluding hydrogens is 258 g/mol. The van der Waals surface area contributed by atoms with Crippen LogP contribution in [0.1, 0.15) is 20.8 Å². The van der Waals surface area contributed by atoms with Gasteiger partial charge in [-0.2, -0.15) is 0 Å². The maximum absolute atomic E-state index is 11.6. The second-order valence-electron chi connectivity index (χ2n) is 5.22. The first-order valence-electron chi connectivity index (χ1n) is 5.57. The van der Waals surface area contributed by atoms with Crippen molar-refractivity contribution in [3.05, 3.63) is 11.3 Å². The van der Waals surface area contributed by atoms with Gasteiger partial charge in [0.25, 0.3) is 0 Å². The molecule has 1 aliphatic rings. The van der Waals surface area contributed by atoms with E-state index in [4.69, 9.17) is 11.6 Å². The van der Waals surface area contributed by atoms with Gasteiger partial charge in [0, 0.05) is 30.6 Å². The number of allylic oxidation sites excluding steroid dienone is 1. The zero-order valence-corrected chi connectivity index (χ0v) is 11.7. The van der Waals surface area contributed by atoms with Crippen molar-refractivity contribution >= 4 is 23.5 Å². The molecular formula is C12H18ClNO4. The zero-order valence-electron chi connectivity index (χ0n) is 11.0. The second-order valence-corrected chi connectivity index (χ2v) is 5.49. The molecule has 6 heteroatoms. The standard InChI is InChI=1S/C12H18ClNO4/c1-7-8(9(15)16)11(2,5-13)12(3,10(17)18)6-14(7)4/h5-6H2,1-4H3,(H,15,16)(H,17,18). The Morgan fingerprint density at radius 3 is 2.22 bits per heavy atom. The van der Waals surface area contributed by atoms with Gasteiger partial charge < -0.3 is 15.1 Å². The molecule has 0 saturated carbocycles. The minimum absolute atomic E-state index is 0.0530. The van der Waals surface area contributed by atoms with E-state index >= 15 is 0 Å². The molecule has 5 nitrogen and oxygen atoms in total. The first-order chi connectivity index (χ1) is 8.11. The Balaban J connectivity index is 3.59. The van der Waals surface area contributed by atoms with Crippen LogP contribution in [-0.4, -0.2) is 46.5 Å². The number of carboxylic acids is 2. The molecule has 0 bridgehead atoms. The Morgan fingerprint density at radius 2 is 1.89 bits per heavy atom. The van der Waals surface area contributed by atoms with E-state index in [1.54, 1.807) is 32.7 Å². The van der Waals surface area contributed by atoms with Crippen LogP contribution in [0.4, 0.5) is 0 Å². The molecule has 0 fully saturated rings. The van der Waals surface area contributed by atoms with Crippen LogP contribution in [0.5, 0.6) is 0 Å². The number of aliphatic carboxylic acids is 2. The minimum atomic E-state index is -1.24. The Bertz CT molecular complexity index is 434. The summed E-state index contributed by atoms with van der Waals surface area (Å²) in [7, 11) is 1.69. The van der Waals surface area contributed by atoms with E-state index in [0.29, 0.717) is 5.70 Å². The summed E-state index contributed by atoms with van der Waals surface area (Å²) in [5, 5.41) is 18.8. The summed E-state index contributed by atoms with van der Waals surface area (Å²) < 4.78 is 0. The van der Waals surface area contributed by atoms with Gasteiger partial charge in [-0.25, -0.2) is 4.79 Å². The van der Waals surface area contributed by atoms with Crippen molar-refractivity contribution in [1.82, 2.24) is 4.90 Å². The van der Waals surface area contributed by atoms with E-state index in [1.165, 1.54) is 0 Å². The first-order valence-corrected chi connectivity index (χ1v) is 6.10. The Kier molecular flexibility index (Phi) is 3.68. The molecule has 18 heavy (non-hydrogen) atoms. The number of hydrogen-bond donors (Lipinski definition) is 2. The van der Waals surface area contributed by atoms with Crippen LogP contribution in [0.15, 0.2) is 11.3 Å². The maximum Gasteiger partial charge on any atom is 0.333 e. The molecule has 2 unspecified atom stereocenters. The van der Waals surface area contributed by atoms with Crippen molar-refractivity contribution < 1.29 is 19.8 Å². The minimum Gasteiger partial charge on any atom is -0.481 e. The van der Waals surface area contributed by atoms with Crippen molar-refractivity contribution in [3.63, 3.8) is 0 Å². The quantitative estimate of drug-likeness (QED) is 0.766. The number of carboxylic acid groups (broad SMARTS) is 2. The third-order valence-corrected chi connectivity index (χ3v) is 4.75. The topological polar surface area (TPSA) is 77.8 Å². The highest BCUT2D eigenvalue weighted by atomic mass is 35.5. The Labute approximate surface area is 111 Å². The Morgan fingerprint density at radius 1 is 1.39 bits per heavy atom. The smallest absolute Gasteiger partial charge is 0.333 e. The number of nitrogens with zero attached hydrogens (tertiary/aromatic N) is 1. The molecule has 0 saturated heterocycles. The highest BCUT2D eigenvalue weighted by Crippen LogP contribution is 2.51. The lowest BCUT2D eigenvalue weighted by Crippen LogP contribution is -2.57. The number of alkyl halides is 1. The SMILES string of the molecule is CC1=C(C(=O)O)C(C)(CCl)C(C)(C(=O)O)CN1C. The van der Waals surface area contributed by atoms with Crippen LogP contribution < -0.4 is 0 Å². The molecule has 0 aliphatic carbocycles. The average Bonchev–Trinajstić information content (AvgIpc) is 2.25. The molecule has 0 radical (unpaired) electrons. The Hall–Kier alpha value is -1.23. The number of carbonyl (C=O) groups is 2. The molecule has 102 valence electrons. The molecule has 0 aromatic carbocycles. The maximum atomic E-state index is 11.6. The van der Waals surface area contributed by atoms with Crippen molar-refractivity contribution in [2.45, 2.75) is 20.8 Å². The summed E-state index contributed by atoms with van der Waals surface area (Å²) in [5.41, 5.74) is -1.71. The predicted octanol–water partition coefficient (Wildman–Crippen LogP) is 1.63. The number of rotatable bonds is 3. The lowest BCUT2D eigenvalue weighted by molar-refractivity contribution is -0.157. The monoisotopic (exact) mass is 275 g/mol. The molecule has 0 amide bonds. The molecule has 2 N–H and O–H groups in total. The van der Waals surface area contributed by atoms with E-state index in [0.717, 1.165) is 0 Å². The molecule has 1 rings (SSSR count). The van der Waals surface area contributed by atoms with Gasteiger partial charge in [0.05, 0.1) is 11.0 Å². The van der Waals surface area contributed by atoms with Crippen molar-refractivity contribution in [1.29, 1.82) is 0 Å². The van der Waals surface area contributed by atoms with E-state index in [2.05, 4.69) is 0 Å². The molecule has 1 heterocycles. The van der Waals surface area contributed by atoms with Gasteiger partial charge in [-0.15, -0.1) is 11.6 Å². The van der Waals surface area contributed by atoms with Crippen LogP contribution in [0.25, 0.3) is 0 Å². The number of hydrogen-bond acceptors (Lipinski definition) is 3. The van der Waals surface area contributed by atoms with Crippen molar-refractivity contribution in [3.8, 4) is 0 Å². The fourth-order valence-corrected chi connectivity index (χ4v) is 2.97. The molecule has 0 aromatic rings. The van der Waals surface area contributed by atoms with Crippen molar-refractivity contribution in [2.24, 2.45) is 10.8 Å². The van der Waals surface area contributed by atoms with Crippen LogP contribution in [0.2, 0.25) is 0 Å². The van der Waals surface area contributed by atoms with Crippen LogP contribution in [0.3, 0.4) is 0 Å². The zero-order chi connectivity index (χ0) is 14.3. The second kappa shape index (κ2) is 4.46. The van der Waals surface area contributed by atoms with Crippen LogP contribution in [0, 0.1) is 10.8 Å². The highest BCUT2D eigenvalue weighted by molar-refractivity contribution is 6.19. The summed E-state index contributed by atoms with van der Waals surface area (Å²) >= 11 is 5.92. The largest absolute Gasteiger partial charge is 0.481 e. The summed E-state index contributed by atoms with van der Waals surface area (Å²) in [4.78, 5) is 24.7. The lowest BCUT2D eigenvalue weighted by Gasteiger charge is -2.50. The van der Waals surface area contributed by atoms with Gasteiger partial charge in [-0.05, 0) is 13.8 Å². The first kappa shape index (κ1) is 14.8.